The number of hydrogen-bond donors (Lipinski definition) is 1. The molecule has 142 valence electrons. The Balaban J connectivity index is 1.83. The van der Waals surface area contributed by atoms with E-state index in [4.69, 9.17) is 0 Å². The van der Waals surface area contributed by atoms with E-state index in [-0.39, 0.29) is 19.0 Å². The van der Waals surface area contributed by atoms with Gasteiger partial charge in [-0.15, -0.1) is 0 Å². The largest absolute Gasteiger partial charge is 0.416 e. The number of aliphatic hydroxyl groups excluding tert-OH is 1. The van der Waals surface area contributed by atoms with Gasteiger partial charge < -0.3 is 9.67 Å². The van der Waals surface area contributed by atoms with E-state index in [2.05, 4.69) is 4.98 Å². The van der Waals surface area contributed by atoms with Gasteiger partial charge in [-0.3, -0.25) is 0 Å². The number of halogens is 4. The van der Waals surface area contributed by atoms with Crippen LogP contribution in [0, 0.1) is 5.82 Å². The number of aromatic nitrogens is 2. The molecule has 0 saturated carbocycles. The summed E-state index contributed by atoms with van der Waals surface area (Å²) >= 11 is 1.26. The number of hydrogen-bond acceptors (Lipinski definition) is 3. The molecule has 1 N–H and O–H groups in total. The van der Waals surface area contributed by atoms with Crippen molar-refractivity contribution in [3.05, 3.63) is 82.9 Å². The molecule has 3 nitrogen and oxygen atoms in total. The minimum atomic E-state index is -4.42. The van der Waals surface area contributed by atoms with Crippen LogP contribution in [-0.4, -0.2) is 14.7 Å². The minimum Gasteiger partial charge on any atom is -0.390 e. The summed E-state index contributed by atoms with van der Waals surface area (Å²) in [6.45, 7) is -0.175. The number of alkyl halides is 3. The molecule has 0 saturated heterocycles. The molecule has 3 aromatic rings. The van der Waals surface area contributed by atoms with Crippen LogP contribution in [-0.2, 0) is 25.1 Å². The van der Waals surface area contributed by atoms with Crippen LogP contribution in [0.3, 0.4) is 0 Å². The number of imidazole rings is 1. The SMILES string of the molecule is OCc1cnc(SCc2ccccc2F)n1Cc1cccc(C(F)(F)F)c1. The zero-order valence-corrected chi connectivity index (χ0v) is 14.9. The molecule has 0 aliphatic heterocycles. The summed E-state index contributed by atoms with van der Waals surface area (Å²) in [5.74, 6) is -0.0136. The summed E-state index contributed by atoms with van der Waals surface area (Å²) in [6.07, 6.45) is -2.95. The van der Waals surface area contributed by atoms with Crippen LogP contribution in [0.5, 0.6) is 0 Å². The second-order valence-corrected chi connectivity index (χ2v) is 6.80. The number of thioether (sulfide) groups is 1. The van der Waals surface area contributed by atoms with E-state index in [1.807, 2.05) is 0 Å². The summed E-state index contributed by atoms with van der Waals surface area (Å²) < 4.78 is 54.2. The Labute approximate surface area is 157 Å². The van der Waals surface area contributed by atoms with Crippen LogP contribution in [0.4, 0.5) is 17.6 Å². The Hall–Kier alpha value is -2.32. The Morgan fingerprint density at radius 1 is 1.07 bits per heavy atom. The van der Waals surface area contributed by atoms with Crippen LogP contribution in [0.1, 0.15) is 22.4 Å². The van der Waals surface area contributed by atoms with Gasteiger partial charge in [0.25, 0.3) is 0 Å². The highest BCUT2D eigenvalue weighted by Gasteiger charge is 2.30. The van der Waals surface area contributed by atoms with E-state index >= 15 is 0 Å². The smallest absolute Gasteiger partial charge is 0.390 e. The maximum Gasteiger partial charge on any atom is 0.416 e. The highest BCUT2D eigenvalue weighted by atomic mass is 32.2. The monoisotopic (exact) mass is 396 g/mol. The van der Waals surface area contributed by atoms with Gasteiger partial charge in [-0.25, -0.2) is 9.37 Å². The first-order valence-corrected chi connectivity index (χ1v) is 9.04. The van der Waals surface area contributed by atoms with Gasteiger partial charge in [0.05, 0.1) is 24.1 Å². The van der Waals surface area contributed by atoms with Crippen molar-refractivity contribution in [1.29, 1.82) is 0 Å². The quantitative estimate of drug-likeness (QED) is 0.477. The van der Waals surface area contributed by atoms with Crippen molar-refractivity contribution in [2.45, 2.75) is 30.2 Å². The van der Waals surface area contributed by atoms with Gasteiger partial charge in [-0.05, 0) is 29.3 Å². The second-order valence-electron chi connectivity index (χ2n) is 5.85. The van der Waals surface area contributed by atoms with Crippen LogP contribution in [0.15, 0.2) is 59.9 Å². The lowest BCUT2D eigenvalue weighted by molar-refractivity contribution is -0.137. The predicted octanol–water partition coefficient (Wildman–Crippen LogP) is 4.87. The molecule has 0 aliphatic rings. The average Bonchev–Trinajstić information content (AvgIpc) is 3.02. The first-order valence-electron chi connectivity index (χ1n) is 8.06. The molecule has 0 aliphatic carbocycles. The molecule has 0 unspecified atom stereocenters. The molecule has 0 atom stereocenters. The highest BCUT2D eigenvalue weighted by Crippen LogP contribution is 2.30. The Morgan fingerprint density at radius 2 is 1.85 bits per heavy atom. The molecule has 2 aromatic carbocycles. The van der Waals surface area contributed by atoms with Gasteiger partial charge in [0.15, 0.2) is 5.16 Å². The maximum absolute atomic E-state index is 13.8. The first-order chi connectivity index (χ1) is 12.9. The fraction of sp³-hybridized carbons (Fsp3) is 0.211. The molecule has 0 fully saturated rings. The van der Waals surface area contributed by atoms with Crippen molar-refractivity contribution < 1.29 is 22.7 Å². The lowest BCUT2D eigenvalue weighted by Crippen LogP contribution is -2.09. The normalized spacial score (nSPS) is 11.7. The third-order valence-electron chi connectivity index (χ3n) is 3.97. The van der Waals surface area contributed by atoms with E-state index in [0.717, 1.165) is 12.1 Å². The van der Waals surface area contributed by atoms with Gasteiger partial charge in [0.2, 0.25) is 0 Å². The van der Waals surface area contributed by atoms with Crippen molar-refractivity contribution >= 4 is 11.8 Å². The van der Waals surface area contributed by atoms with Crippen molar-refractivity contribution in [3.63, 3.8) is 0 Å². The molecular weight excluding hydrogens is 380 g/mol. The molecule has 1 heterocycles. The lowest BCUT2D eigenvalue weighted by Gasteiger charge is -2.13. The predicted molar refractivity (Wildman–Crippen MR) is 94.7 cm³/mol. The number of nitrogens with zero attached hydrogens (tertiary/aromatic N) is 2. The maximum atomic E-state index is 13.8. The van der Waals surface area contributed by atoms with E-state index in [1.54, 1.807) is 28.8 Å². The van der Waals surface area contributed by atoms with Crippen molar-refractivity contribution in [1.82, 2.24) is 9.55 Å². The fourth-order valence-corrected chi connectivity index (χ4v) is 3.57. The van der Waals surface area contributed by atoms with Crippen LogP contribution < -0.4 is 0 Å². The Kier molecular flexibility index (Phi) is 5.86. The van der Waals surface area contributed by atoms with Crippen molar-refractivity contribution in [2.75, 3.05) is 0 Å². The van der Waals surface area contributed by atoms with Gasteiger partial charge >= 0.3 is 6.18 Å². The minimum absolute atomic E-state index is 0.124. The molecule has 3 rings (SSSR count). The second kappa shape index (κ2) is 8.14. The highest BCUT2D eigenvalue weighted by molar-refractivity contribution is 7.98. The molecular formula is C19H16F4N2OS. The summed E-state index contributed by atoms with van der Waals surface area (Å²) in [5, 5.41) is 10.0. The van der Waals surface area contributed by atoms with Crippen molar-refractivity contribution in [3.8, 4) is 0 Å². The number of benzene rings is 2. The van der Waals surface area contributed by atoms with Gasteiger partial charge in [0, 0.05) is 12.3 Å². The zero-order valence-electron chi connectivity index (χ0n) is 14.1. The standard InChI is InChI=1S/C19H16F4N2OS/c20-17-7-2-1-5-14(17)12-27-18-24-9-16(11-26)25(18)10-13-4-3-6-15(8-13)19(21,22)23/h1-9,26H,10-12H2. The lowest BCUT2D eigenvalue weighted by atomic mass is 10.1. The van der Waals surface area contributed by atoms with E-state index < -0.39 is 11.7 Å². The van der Waals surface area contributed by atoms with E-state index in [1.165, 1.54) is 30.1 Å². The summed E-state index contributed by atoms with van der Waals surface area (Å²) in [4.78, 5) is 4.22. The average molecular weight is 396 g/mol. The summed E-state index contributed by atoms with van der Waals surface area (Å²) in [6, 6.07) is 11.4. The molecule has 27 heavy (non-hydrogen) atoms. The molecule has 0 spiro atoms. The van der Waals surface area contributed by atoms with Crippen molar-refractivity contribution in [2.24, 2.45) is 0 Å². The van der Waals surface area contributed by atoms with Crippen LogP contribution in [0.2, 0.25) is 0 Å². The number of rotatable bonds is 6. The van der Waals surface area contributed by atoms with Gasteiger partial charge in [-0.1, -0.05) is 42.1 Å². The topological polar surface area (TPSA) is 38.1 Å². The molecule has 1 aromatic heterocycles. The van der Waals surface area contributed by atoms with Crippen LogP contribution in [0.25, 0.3) is 0 Å². The zero-order chi connectivity index (χ0) is 19.4. The first kappa shape index (κ1) is 19.4. The molecule has 0 radical (unpaired) electrons. The fourth-order valence-electron chi connectivity index (χ4n) is 2.59. The Bertz CT molecular complexity index is 924. The summed E-state index contributed by atoms with van der Waals surface area (Å²) in [5.41, 5.74) is 0.682. The van der Waals surface area contributed by atoms with E-state index in [9.17, 15) is 22.7 Å². The van der Waals surface area contributed by atoms with Gasteiger partial charge in [0.1, 0.15) is 5.82 Å². The molecule has 8 heteroatoms. The third-order valence-corrected chi connectivity index (χ3v) is 5.01. The molecule has 0 bridgehead atoms. The summed E-state index contributed by atoms with van der Waals surface area (Å²) in [7, 11) is 0. The third kappa shape index (κ3) is 4.70. The van der Waals surface area contributed by atoms with Gasteiger partial charge in [-0.2, -0.15) is 13.2 Å². The number of aliphatic hydroxyl groups is 1. The van der Waals surface area contributed by atoms with Crippen LogP contribution >= 0.6 is 11.8 Å². The molecule has 0 amide bonds. The Morgan fingerprint density at radius 3 is 2.56 bits per heavy atom. The van der Waals surface area contributed by atoms with E-state index in [0.29, 0.717) is 27.7 Å².